The number of ketones is 2. The minimum atomic E-state index is -1.19. The van der Waals surface area contributed by atoms with E-state index in [2.05, 4.69) is 11.5 Å². The van der Waals surface area contributed by atoms with Crippen LogP contribution in [0.2, 0.25) is 0 Å². The molecule has 6 nitrogen and oxygen atoms in total. The lowest BCUT2D eigenvalue weighted by molar-refractivity contribution is -0.123. The predicted molar refractivity (Wildman–Crippen MR) is 74.8 cm³/mol. The molecule has 0 aromatic rings. The molecule has 2 unspecified atom stereocenters. The number of methoxy groups -OCH3 is 1. The number of hydrogen-bond acceptors (Lipinski definition) is 6. The zero-order chi connectivity index (χ0) is 15.3. The van der Waals surface area contributed by atoms with Gasteiger partial charge in [0.1, 0.15) is 6.17 Å². The molecule has 2 N–H and O–H groups in total. The number of Topliss-reactive ketones (excluding diaryl/α,β-unsaturated/α-hetero) is 2. The number of ether oxygens (including phenoxy) is 1. The number of carbonyl (C=O) groups is 2. The Hall–Kier alpha value is -1.76. The molecule has 4 rings (SSSR count). The van der Waals surface area contributed by atoms with Crippen LogP contribution in [-0.2, 0) is 14.3 Å². The van der Waals surface area contributed by atoms with E-state index >= 15 is 0 Å². The average molecular weight is 287 g/mol. The number of likely N-dealkylation sites (N-methyl/N-ethyl adjacent to an activating group) is 1. The fraction of sp³-hybridized carbons (Fsp3) is 0.467. The third kappa shape index (κ3) is 1.13. The first-order valence-corrected chi connectivity index (χ1v) is 6.91. The summed E-state index contributed by atoms with van der Waals surface area (Å²) < 4.78 is 5.74. The van der Waals surface area contributed by atoms with Crippen molar-refractivity contribution in [2.24, 2.45) is 5.73 Å². The van der Waals surface area contributed by atoms with Gasteiger partial charge in [0.25, 0.3) is 0 Å². The molecule has 2 saturated heterocycles. The van der Waals surface area contributed by atoms with Gasteiger partial charge < -0.3 is 15.4 Å². The number of allylic oxidation sites excluding steroid dienone is 1. The van der Waals surface area contributed by atoms with Crippen LogP contribution in [0.5, 0.6) is 0 Å². The number of nitrogens with two attached hydrogens (primary N) is 1. The second kappa shape index (κ2) is 3.52. The maximum atomic E-state index is 12.8. The summed E-state index contributed by atoms with van der Waals surface area (Å²) in [6, 6.07) is -0.607. The minimum Gasteiger partial charge on any atom is -0.350 e. The summed E-state index contributed by atoms with van der Waals surface area (Å²) >= 11 is 0. The lowest BCUT2D eigenvalue weighted by Crippen LogP contribution is -2.56. The summed E-state index contributed by atoms with van der Waals surface area (Å²) in [6.45, 7) is 5.64. The molecule has 5 atom stereocenters. The third-order valence-electron chi connectivity index (χ3n) is 5.24. The van der Waals surface area contributed by atoms with Gasteiger partial charge in [0, 0.05) is 12.7 Å². The largest absolute Gasteiger partial charge is 0.350 e. The van der Waals surface area contributed by atoms with Gasteiger partial charge in [-0.3, -0.25) is 14.5 Å². The summed E-state index contributed by atoms with van der Waals surface area (Å²) in [5.74, 6) is -0.363. The third-order valence-corrected chi connectivity index (χ3v) is 5.24. The van der Waals surface area contributed by atoms with Crippen molar-refractivity contribution in [2.45, 2.75) is 30.9 Å². The van der Waals surface area contributed by atoms with Gasteiger partial charge in [-0.05, 0) is 25.6 Å². The zero-order valence-electron chi connectivity index (χ0n) is 12.2. The van der Waals surface area contributed by atoms with Crippen molar-refractivity contribution in [3.63, 3.8) is 0 Å². The second-order valence-corrected chi connectivity index (χ2v) is 6.05. The molecule has 0 saturated carbocycles. The number of carbonyl (C=O) groups excluding carboxylic acids is 2. The van der Waals surface area contributed by atoms with E-state index in [0.717, 1.165) is 0 Å². The Morgan fingerprint density at radius 1 is 1.43 bits per heavy atom. The Labute approximate surface area is 122 Å². The molecule has 3 heterocycles. The molecule has 4 aliphatic rings. The summed E-state index contributed by atoms with van der Waals surface area (Å²) in [5.41, 5.74) is 6.64. The molecule has 0 aromatic heterocycles. The highest BCUT2D eigenvalue weighted by atomic mass is 16.5. The van der Waals surface area contributed by atoms with E-state index in [0.29, 0.717) is 16.8 Å². The highest BCUT2D eigenvalue weighted by molar-refractivity contribution is 6.19. The van der Waals surface area contributed by atoms with Gasteiger partial charge in [-0.25, -0.2) is 0 Å². The Balaban J connectivity index is 2.02. The van der Waals surface area contributed by atoms with E-state index in [1.54, 1.807) is 6.92 Å². The summed E-state index contributed by atoms with van der Waals surface area (Å²) in [5, 5.41) is 0. The Morgan fingerprint density at radius 3 is 2.71 bits per heavy atom. The first-order valence-electron chi connectivity index (χ1n) is 6.91. The quantitative estimate of drug-likeness (QED) is 0.519. The molecule has 0 aromatic carbocycles. The number of hydrogen-bond donors (Lipinski definition) is 1. The number of rotatable bonds is 1. The van der Waals surface area contributed by atoms with Gasteiger partial charge >= 0.3 is 0 Å². The fourth-order valence-corrected chi connectivity index (χ4v) is 3.99. The average Bonchev–Trinajstić information content (AvgIpc) is 2.85. The smallest absolute Gasteiger partial charge is 0.210 e. The zero-order valence-corrected chi connectivity index (χ0v) is 12.2. The molecular formula is C15H17N3O3. The highest BCUT2D eigenvalue weighted by Gasteiger charge is 2.69. The van der Waals surface area contributed by atoms with Crippen LogP contribution in [0.1, 0.15) is 6.92 Å². The highest BCUT2D eigenvalue weighted by Crippen LogP contribution is 2.56. The van der Waals surface area contributed by atoms with Gasteiger partial charge in [0.2, 0.25) is 11.5 Å². The van der Waals surface area contributed by atoms with Crippen LogP contribution in [0.25, 0.3) is 0 Å². The normalized spacial score (nSPS) is 43.9. The van der Waals surface area contributed by atoms with E-state index < -0.39 is 11.8 Å². The van der Waals surface area contributed by atoms with Crippen LogP contribution in [0.3, 0.4) is 0 Å². The van der Waals surface area contributed by atoms with Gasteiger partial charge in [-0.15, -0.1) is 0 Å². The van der Waals surface area contributed by atoms with Crippen molar-refractivity contribution >= 4 is 11.6 Å². The van der Waals surface area contributed by atoms with Gasteiger partial charge in [0.05, 0.1) is 23.4 Å². The summed E-state index contributed by atoms with van der Waals surface area (Å²) in [4.78, 5) is 29.2. The van der Waals surface area contributed by atoms with Crippen molar-refractivity contribution in [1.82, 2.24) is 9.80 Å². The van der Waals surface area contributed by atoms with E-state index in [1.807, 2.05) is 18.0 Å². The molecule has 1 aliphatic carbocycles. The topological polar surface area (TPSA) is 75.6 Å². The molecule has 110 valence electrons. The Morgan fingerprint density at radius 2 is 2.10 bits per heavy atom. The Bertz CT molecular complexity index is 692. The van der Waals surface area contributed by atoms with Gasteiger partial charge in [-0.2, -0.15) is 0 Å². The van der Waals surface area contributed by atoms with Crippen LogP contribution in [0.15, 0.2) is 35.1 Å². The maximum Gasteiger partial charge on any atom is 0.210 e. The number of fused-ring (bicyclic) bond motifs is 5. The van der Waals surface area contributed by atoms with Crippen LogP contribution >= 0.6 is 0 Å². The van der Waals surface area contributed by atoms with Crippen LogP contribution in [-0.4, -0.2) is 59.5 Å². The van der Waals surface area contributed by atoms with Crippen LogP contribution in [0, 0.1) is 0 Å². The molecule has 0 spiro atoms. The van der Waals surface area contributed by atoms with Gasteiger partial charge in [0.15, 0.2) is 5.78 Å². The molecular weight excluding hydrogens is 270 g/mol. The van der Waals surface area contributed by atoms with Crippen molar-refractivity contribution in [3.8, 4) is 0 Å². The molecule has 3 aliphatic heterocycles. The van der Waals surface area contributed by atoms with E-state index in [9.17, 15) is 9.59 Å². The summed E-state index contributed by atoms with van der Waals surface area (Å²) in [7, 11) is 3.48. The van der Waals surface area contributed by atoms with Crippen LogP contribution in [0.4, 0.5) is 0 Å². The Kier molecular flexibility index (Phi) is 2.17. The van der Waals surface area contributed by atoms with Crippen molar-refractivity contribution in [1.29, 1.82) is 0 Å². The minimum absolute atomic E-state index is 0.0491. The molecule has 21 heavy (non-hydrogen) atoms. The molecule has 0 amide bonds. The van der Waals surface area contributed by atoms with Crippen molar-refractivity contribution < 1.29 is 14.3 Å². The first kappa shape index (κ1) is 12.9. The first-order chi connectivity index (χ1) is 9.87. The SMILES string of the molecule is C=C1C(=O)C(N)C(C)=C2C(=O)C3=C[C@@H]4[C@@H](N4C)N3[C@]12OC. The molecule has 2 fully saturated rings. The predicted octanol–water partition coefficient (Wildman–Crippen LogP) is -0.466. The molecule has 6 heteroatoms. The lowest BCUT2D eigenvalue weighted by atomic mass is 9.78. The monoisotopic (exact) mass is 287 g/mol. The standard InChI is InChI=1S/C15H17N3O3/c1-6-10-13(20)8-5-9-14(17(9)3)18(8)15(10,21-4)7(2)12(19)11(6)16/h5,9,11,14H,2,16H2,1,3-4H3/t9-,11?,14+,15+,17?/m1/s1. The summed E-state index contributed by atoms with van der Waals surface area (Å²) in [6.07, 6.45) is 1.99. The fourth-order valence-electron chi connectivity index (χ4n) is 3.99. The van der Waals surface area contributed by atoms with E-state index in [4.69, 9.17) is 10.5 Å². The van der Waals surface area contributed by atoms with Crippen molar-refractivity contribution in [3.05, 3.63) is 35.1 Å². The maximum absolute atomic E-state index is 12.8. The lowest BCUT2D eigenvalue weighted by Gasteiger charge is -2.42. The van der Waals surface area contributed by atoms with E-state index in [-0.39, 0.29) is 29.3 Å². The van der Waals surface area contributed by atoms with Crippen molar-refractivity contribution in [2.75, 3.05) is 14.2 Å². The number of nitrogens with zero attached hydrogens (tertiary/aromatic N) is 2. The second-order valence-electron chi connectivity index (χ2n) is 6.05. The molecule has 0 bridgehead atoms. The molecule has 0 radical (unpaired) electrons. The van der Waals surface area contributed by atoms with E-state index in [1.165, 1.54) is 7.11 Å². The van der Waals surface area contributed by atoms with Gasteiger partial charge in [-0.1, -0.05) is 6.58 Å². The van der Waals surface area contributed by atoms with Crippen LogP contribution < -0.4 is 5.73 Å².